The van der Waals surface area contributed by atoms with Gasteiger partial charge in [0, 0.05) is 18.0 Å². The molecule has 0 aliphatic heterocycles. The minimum absolute atomic E-state index is 0.571. The Morgan fingerprint density at radius 3 is 2.77 bits per heavy atom. The topological polar surface area (TPSA) is 38.9 Å². The SMILES string of the molecule is CCC(C)Sc1ccc(CN)cn1. The predicted octanol–water partition coefficient (Wildman–Crippen LogP) is 2.43. The molecule has 0 radical (unpaired) electrons. The van der Waals surface area contributed by atoms with Crippen LogP contribution < -0.4 is 5.73 Å². The Kier molecular flexibility index (Phi) is 4.25. The molecule has 0 amide bonds. The van der Waals surface area contributed by atoms with Crippen LogP contribution in [0, 0.1) is 0 Å². The first kappa shape index (κ1) is 10.5. The van der Waals surface area contributed by atoms with Crippen molar-refractivity contribution in [1.29, 1.82) is 0 Å². The van der Waals surface area contributed by atoms with Gasteiger partial charge in [-0.2, -0.15) is 0 Å². The maximum atomic E-state index is 5.48. The van der Waals surface area contributed by atoms with Crippen LogP contribution in [0.3, 0.4) is 0 Å². The van der Waals surface area contributed by atoms with E-state index in [1.807, 2.05) is 30.1 Å². The van der Waals surface area contributed by atoms with Crippen LogP contribution in [0.25, 0.3) is 0 Å². The van der Waals surface area contributed by atoms with Crippen LogP contribution in [0.4, 0.5) is 0 Å². The van der Waals surface area contributed by atoms with Crippen LogP contribution in [0.15, 0.2) is 23.4 Å². The van der Waals surface area contributed by atoms with Gasteiger partial charge in [-0.1, -0.05) is 19.9 Å². The third-order valence-corrected chi connectivity index (χ3v) is 3.15. The third kappa shape index (κ3) is 3.36. The molecule has 0 aromatic carbocycles. The second-order valence-electron chi connectivity index (χ2n) is 3.05. The van der Waals surface area contributed by atoms with Crippen molar-refractivity contribution in [3.63, 3.8) is 0 Å². The van der Waals surface area contributed by atoms with E-state index in [1.54, 1.807) is 0 Å². The van der Waals surface area contributed by atoms with E-state index < -0.39 is 0 Å². The quantitative estimate of drug-likeness (QED) is 0.752. The third-order valence-electron chi connectivity index (χ3n) is 1.93. The first-order chi connectivity index (χ1) is 6.26. The molecule has 0 saturated heterocycles. The maximum absolute atomic E-state index is 5.48. The zero-order chi connectivity index (χ0) is 9.68. The smallest absolute Gasteiger partial charge is 0.0962 e. The molecule has 0 spiro atoms. The molecule has 3 heteroatoms. The van der Waals surface area contributed by atoms with E-state index in [2.05, 4.69) is 18.8 Å². The molecular formula is C10H16N2S. The Hall–Kier alpha value is -0.540. The van der Waals surface area contributed by atoms with Gasteiger partial charge in [-0.3, -0.25) is 0 Å². The van der Waals surface area contributed by atoms with Gasteiger partial charge in [0.1, 0.15) is 0 Å². The molecule has 1 aromatic rings. The average molecular weight is 196 g/mol. The van der Waals surface area contributed by atoms with Gasteiger partial charge < -0.3 is 5.73 Å². The summed E-state index contributed by atoms with van der Waals surface area (Å²) in [6.45, 7) is 4.97. The first-order valence-corrected chi connectivity index (χ1v) is 5.46. The van der Waals surface area contributed by atoms with E-state index in [-0.39, 0.29) is 0 Å². The molecule has 0 aliphatic rings. The van der Waals surface area contributed by atoms with Crippen LogP contribution >= 0.6 is 11.8 Å². The van der Waals surface area contributed by atoms with Crippen LogP contribution in [0.5, 0.6) is 0 Å². The van der Waals surface area contributed by atoms with Crippen LogP contribution in [0.2, 0.25) is 0 Å². The number of thioether (sulfide) groups is 1. The van der Waals surface area contributed by atoms with E-state index in [4.69, 9.17) is 5.73 Å². The summed E-state index contributed by atoms with van der Waals surface area (Å²) < 4.78 is 0. The molecule has 0 fully saturated rings. The minimum atomic E-state index is 0.571. The van der Waals surface area contributed by atoms with Gasteiger partial charge in [0.15, 0.2) is 0 Å². The number of nitrogens with two attached hydrogens (primary N) is 1. The molecule has 0 aliphatic carbocycles. The summed E-state index contributed by atoms with van der Waals surface area (Å²) in [4.78, 5) is 4.32. The summed E-state index contributed by atoms with van der Waals surface area (Å²) in [6.07, 6.45) is 3.02. The van der Waals surface area contributed by atoms with E-state index in [1.165, 1.54) is 6.42 Å². The number of nitrogens with zero attached hydrogens (tertiary/aromatic N) is 1. The number of hydrogen-bond acceptors (Lipinski definition) is 3. The molecule has 13 heavy (non-hydrogen) atoms. The van der Waals surface area contributed by atoms with Crippen LogP contribution in [-0.2, 0) is 6.54 Å². The van der Waals surface area contributed by atoms with Crippen molar-refractivity contribution in [1.82, 2.24) is 4.98 Å². The highest BCUT2D eigenvalue weighted by atomic mass is 32.2. The second kappa shape index (κ2) is 5.25. The van der Waals surface area contributed by atoms with Crippen molar-refractivity contribution in [2.75, 3.05) is 0 Å². The van der Waals surface area contributed by atoms with Crippen molar-refractivity contribution in [3.8, 4) is 0 Å². The molecule has 1 unspecified atom stereocenters. The average Bonchev–Trinajstić information content (AvgIpc) is 2.19. The fourth-order valence-corrected chi connectivity index (χ4v) is 1.73. The number of pyridine rings is 1. The lowest BCUT2D eigenvalue weighted by atomic mass is 10.3. The summed E-state index contributed by atoms with van der Waals surface area (Å²) in [7, 11) is 0. The monoisotopic (exact) mass is 196 g/mol. The molecule has 1 rings (SSSR count). The number of aromatic nitrogens is 1. The van der Waals surface area contributed by atoms with Gasteiger partial charge in [0.05, 0.1) is 5.03 Å². The molecule has 0 saturated carbocycles. The van der Waals surface area contributed by atoms with Gasteiger partial charge in [-0.25, -0.2) is 4.98 Å². The van der Waals surface area contributed by atoms with Gasteiger partial charge >= 0.3 is 0 Å². The molecule has 1 heterocycles. The van der Waals surface area contributed by atoms with E-state index >= 15 is 0 Å². The normalized spacial score (nSPS) is 12.8. The second-order valence-corrected chi connectivity index (χ2v) is 4.50. The Morgan fingerprint density at radius 1 is 1.54 bits per heavy atom. The van der Waals surface area contributed by atoms with Gasteiger partial charge in [-0.15, -0.1) is 11.8 Å². The molecule has 72 valence electrons. The maximum Gasteiger partial charge on any atom is 0.0962 e. The fraction of sp³-hybridized carbons (Fsp3) is 0.500. The summed E-state index contributed by atoms with van der Waals surface area (Å²) in [6, 6.07) is 4.08. The Bertz CT molecular complexity index is 246. The minimum Gasteiger partial charge on any atom is -0.326 e. The standard InChI is InChI=1S/C10H16N2S/c1-3-8(2)13-10-5-4-9(6-11)7-12-10/h4-5,7-8H,3,6,11H2,1-2H3. The van der Waals surface area contributed by atoms with E-state index in [0.29, 0.717) is 11.8 Å². The molecule has 1 aromatic heterocycles. The lowest BCUT2D eigenvalue weighted by Crippen LogP contribution is -1.98. The van der Waals surface area contributed by atoms with Crippen molar-refractivity contribution in [2.24, 2.45) is 5.73 Å². The molecule has 0 bridgehead atoms. The zero-order valence-corrected chi connectivity index (χ0v) is 8.97. The highest BCUT2D eigenvalue weighted by Gasteiger charge is 2.02. The van der Waals surface area contributed by atoms with E-state index in [0.717, 1.165) is 10.6 Å². The summed E-state index contributed by atoms with van der Waals surface area (Å²) >= 11 is 1.81. The summed E-state index contributed by atoms with van der Waals surface area (Å²) in [5, 5.41) is 1.72. The van der Waals surface area contributed by atoms with Gasteiger partial charge in [-0.05, 0) is 18.1 Å². The van der Waals surface area contributed by atoms with Crippen LogP contribution in [-0.4, -0.2) is 10.2 Å². The summed E-state index contributed by atoms with van der Waals surface area (Å²) in [5.41, 5.74) is 6.57. The van der Waals surface area contributed by atoms with Crippen molar-refractivity contribution >= 4 is 11.8 Å². The summed E-state index contributed by atoms with van der Waals surface area (Å²) in [5.74, 6) is 0. The van der Waals surface area contributed by atoms with Gasteiger partial charge in [0.25, 0.3) is 0 Å². The number of rotatable bonds is 4. The lowest BCUT2D eigenvalue weighted by molar-refractivity contribution is 0.899. The molecule has 2 N–H and O–H groups in total. The Balaban J connectivity index is 2.58. The van der Waals surface area contributed by atoms with Crippen molar-refractivity contribution in [3.05, 3.63) is 23.9 Å². The first-order valence-electron chi connectivity index (χ1n) is 4.58. The Labute approximate surface area is 83.9 Å². The highest BCUT2D eigenvalue weighted by molar-refractivity contribution is 7.99. The predicted molar refractivity (Wildman–Crippen MR) is 57.7 cm³/mol. The zero-order valence-electron chi connectivity index (χ0n) is 8.16. The van der Waals surface area contributed by atoms with Crippen LogP contribution in [0.1, 0.15) is 25.8 Å². The van der Waals surface area contributed by atoms with Crippen molar-refractivity contribution < 1.29 is 0 Å². The largest absolute Gasteiger partial charge is 0.326 e. The molecular weight excluding hydrogens is 180 g/mol. The number of hydrogen-bond donors (Lipinski definition) is 1. The van der Waals surface area contributed by atoms with Gasteiger partial charge in [0.2, 0.25) is 0 Å². The van der Waals surface area contributed by atoms with E-state index in [9.17, 15) is 0 Å². The lowest BCUT2D eigenvalue weighted by Gasteiger charge is -2.06. The Morgan fingerprint density at radius 2 is 2.31 bits per heavy atom. The molecule has 2 nitrogen and oxygen atoms in total. The van der Waals surface area contributed by atoms with Crippen molar-refractivity contribution in [2.45, 2.75) is 37.1 Å². The fourth-order valence-electron chi connectivity index (χ4n) is 0.891. The molecule has 1 atom stereocenters. The highest BCUT2D eigenvalue weighted by Crippen LogP contribution is 2.22.